The Kier molecular flexibility index (Phi) is 1.96. The predicted octanol–water partition coefficient (Wildman–Crippen LogP) is 1.84. The normalized spacial score (nSPS) is 20.6. The van der Waals surface area contributed by atoms with Crippen LogP contribution in [0.15, 0.2) is 30.3 Å². The van der Waals surface area contributed by atoms with E-state index in [0.717, 1.165) is 6.42 Å². The molecule has 0 saturated heterocycles. The van der Waals surface area contributed by atoms with Gasteiger partial charge in [0.15, 0.2) is 0 Å². The Morgan fingerprint density at radius 2 is 2.17 bits per heavy atom. The van der Waals surface area contributed by atoms with Crippen molar-refractivity contribution >= 4 is 6.08 Å². The molecule has 0 aromatic heterocycles. The molecule has 0 spiro atoms. The molecular weight excluding hydrogens is 146 g/mol. The van der Waals surface area contributed by atoms with Crippen molar-refractivity contribution in [1.29, 1.82) is 0 Å². The van der Waals surface area contributed by atoms with Gasteiger partial charge >= 0.3 is 0 Å². The number of hydrogen-bond acceptors (Lipinski definition) is 1. The van der Waals surface area contributed by atoms with Crippen LogP contribution in [0.2, 0.25) is 0 Å². The molecule has 1 atom stereocenters. The third-order valence-corrected chi connectivity index (χ3v) is 2.37. The smallest absolute Gasteiger partial charge is 0.0291 e. The number of nitrogens with one attached hydrogen (secondary N) is 1. The van der Waals surface area contributed by atoms with Gasteiger partial charge in [-0.05, 0) is 24.6 Å². The zero-order valence-corrected chi connectivity index (χ0v) is 7.25. The number of benzene rings is 1. The fourth-order valence-corrected chi connectivity index (χ4v) is 1.61. The third-order valence-electron chi connectivity index (χ3n) is 2.37. The van der Waals surface area contributed by atoms with E-state index in [2.05, 4.69) is 41.7 Å². The van der Waals surface area contributed by atoms with Crippen molar-refractivity contribution < 1.29 is 0 Å². The zero-order chi connectivity index (χ0) is 8.39. The van der Waals surface area contributed by atoms with Crippen LogP contribution in [0.5, 0.6) is 0 Å². The van der Waals surface area contributed by atoms with E-state index in [1.54, 1.807) is 0 Å². The van der Waals surface area contributed by atoms with Gasteiger partial charge in [0.2, 0.25) is 0 Å². The van der Waals surface area contributed by atoms with Crippen molar-refractivity contribution in [2.75, 3.05) is 7.05 Å². The number of fused-ring (bicyclic) bond motifs is 1. The molecular formula is C11H13N. The second-order valence-corrected chi connectivity index (χ2v) is 3.16. The quantitative estimate of drug-likeness (QED) is 0.659. The molecule has 0 amide bonds. The summed E-state index contributed by atoms with van der Waals surface area (Å²) in [6, 6.07) is 9.06. The molecule has 1 aliphatic rings. The Hall–Kier alpha value is -1.08. The van der Waals surface area contributed by atoms with Gasteiger partial charge in [0, 0.05) is 6.04 Å². The van der Waals surface area contributed by atoms with Crippen LogP contribution in [0.4, 0.5) is 0 Å². The van der Waals surface area contributed by atoms with Gasteiger partial charge in [0.25, 0.3) is 0 Å². The first-order chi connectivity index (χ1) is 5.90. The van der Waals surface area contributed by atoms with Crippen LogP contribution in [0.1, 0.15) is 11.1 Å². The Labute approximate surface area is 73.1 Å². The summed E-state index contributed by atoms with van der Waals surface area (Å²) in [5.41, 5.74) is 2.81. The van der Waals surface area contributed by atoms with E-state index in [0.29, 0.717) is 6.04 Å². The molecule has 0 fully saturated rings. The first-order valence-electron chi connectivity index (χ1n) is 4.33. The predicted molar refractivity (Wildman–Crippen MR) is 52.0 cm³/mol. The van der Waals surface area contributed by atoms with Crippen LogP contribution in [-0.2, 0) is 6.42 Å². The molecule has 1 aromatic rings. The minimum Gasteiger partial charge on any atom is -0.313 e. The van der Waals surface area contributed by atoms with E-state index in [-0.39, 0.29) is 0 Å². The van der Waals surface area contributed by atoms with Crippen molar-refractivity contribution in [2.45, 2.75) is 12.5 Å². The summed E-state index contributed by atoms with van der Waals surface area (Å²) in [4.78, 5) is 0. The van der Waals surface area contributed by atoms with Crippen LogP contribution in [0, 0.1) is 0 Å². The lowest BCUT2D eigenvalue weighted by atomic mass is 9.94. The molecule has 1 heteroatoms. The maximum atomic E-state index is 3.26. The minimum atomic E-state index is 0.514. The van der Waals surface area contributed by atoms with Crippen LogP contribution < -0.4 is 5.32 Å². The first kappa shape index (κ1) is 7.56. The average Bonchev–Trinajstić information content (AvgIpc) is 2.17. The zero-order valence-electron chi connectivity index (χ0n) is 7.25. The van der Waals surface area contributed by atoms with Crippen molar-refractivity contribution in [3.05, 3.63) is 41.5 Å². The van der Waals surface area contributed by atoms with Gasteiger partial charge in [-0.1, -0.05) is 36.4 Å². The fourth-order valence-electron chi connectivity index (χ4n) is 1.61. The highest BCUT2D eigenvalue weighted by Gasteiger charge is 2.10. The van der Waals surface area contributed by atoms with Gasteiger partial charge in [-0.2, -0.15) is 0 Å². The Morgan fingerprint density at radius 3 is 3.00 bits per heavy atom. The standard InChI is InChI=1S/C11H13N/c1-12-11-7-6-9-4-2-3-5-10(9)8-11/h2-7,11-12H,8H2,1H3. The first-order valence-corrected chi connectivity index (χ1v) is 4.33. The summed E-state index contributed by atoms with van der Waals surface area (Å²) in [5, 5.41) is 3.26. The van der Waals surface area contributed by atoms with Gasteiger partial charge in [-0.3, -0.25) is 0 Å². The van der Waals surface area contributed by atoms with E-state index < -0.39 is 0 Å². The number of hydrogen-bond donors (Lipinski definition) is 1. The number of rotatable bonds is 1. The lowest BCUT2D eigenvalue weighted by Crippen LogP contribution is -2.27. The molecule has 0 heterocycles. The highest BCUT2D eigenvalue weighted by molar-refractivity contribution is 5.57. The average molecular weight is 159 g/mol. The highest BCUT2D eigenvalue weighted by Crippen LogP contribution is 2.18. The lowest BCUT2D eigenvalue weighted by molar-refractivity contribution is 0.660. The summed E-state index contributed by atoms with van der Waals surface area (Å²) in [6.45, 7) is 0. The Morgan fingerprint density at radius 1 is 1.33 bits per heavy atom. The van der Waals surface area contributed by atoms with Gasteiger partial charge in [-0.25, -0.2) is 0 Å². The molecule has 0 bridgehead atoms. The van der Waals surface area contributed by atoms with Gasteiger partial charge < -0.3 is 5.32 Å². The van der Waals surface area contributed by atoms with Crippen molar-refractivity contribution in [3.63, 3.8) is 0 Å². The largest absolute Gasteiger partial charge is 0.313 e. The van der Waals surface area contributed by atoms with E-state index in [4.69, 9.17) is 0 Å². The van der Waals surface area contributed by atoms with Gasteiger partial charge in [0.1, 0.15) is 0 Å². The molecule has 1 N–H and O–H groups in total. The molecule has 0 aliphatic heterocycles. The van der Waals surface area contributed by atoms with Crippen LogP contribution in [-0.4, -0.2) is 13.1 Å². The summed E-state index contributed by atoms with van der Waals surface area (Å²) in [6.07, 6.45) is 5.53. The minimum absolute atomic E-state index is 0.514. The SMILES string of the molecule is CNC1C=Cc2ccccc2C1. The molecule has 2 rings (SSSR count). The van der Waals surface area contributed by atoms with Crippen LogP contribution in [0.25, 0.3) is 6.08 Å². The van der Waals surface area contributed by atoms with Crippen LogP contribution >= 0.6 is 0 Å². The van der Waals surface area contributed by atoms with E-state index in [1.807, 2.05) is 7.05 Å². The van der Waals surface area contributed by atoms with E-state index in [1.165, 1.54) is 11.1 Å². The topological polar surface area (TPSA) is 12.0 Å². The van der Waals surface area contributed by atoms with Gasteiger partial charge in [-0.15, -0.1) is 0 Å². The van der Waals surface area contributed by atoms with Gasteiger partial charge in [0.05, 0.1) is 0 Å². The molecule has 1 unspecified atom stereocenters. The molecule has 1 aromatic carbocycles. The lowest BCUT2D eigenvalue weighted by Gasteiger charge is -2.18. The molecule has 1 aliphatic carbocycles. The summed E-state index contributed by atoms with van der Waals surface area (Å²) < 4.78 is 0. The maximum absolute atomic E-state index is 3.26. The monoisotopic (exact) mass is 159 g/mol. The number of likely N-dealkylation sites (N-methyl/N-ethyl adjacent to an activating group) is 1. The maximum Gasteiger partial charge on any atom is 0.0291 e. The Bertz CT molecular complexity index is 302. The molecule has 12 heavy (non-hydrogen) atoms. The molecule has 0 radical (unpaired) electrons. The summed E-state index contributed by atoms with van der Waals surface area (Å²) in [7, 11) is 2.00. The van der Waals surface area contributed by atoms with Crippen molar-refractivity contribution in [2.24, 2.45) is 0 Å². The molecule has 62 valence electrons. The summed E-state index contributed by atoms with van der Waals surface area (Å²) >= 11 is 0. The van der Waals surface area contributed by atoms with Crippen molar-refractivity contribution in [1.82, 2.24) is 5.32 Å². The fraction of sp³-hybridized carbons (Fsp3) is 0.273. The van der Waals surface area contributed by atoms with E-state index in [9.17, 15) is 0 Å². The molecule has 1 nitrogen and oxygen atoms in total. The van der Waals surface area contributed by atoms with E-state index >= 15 is 0 Å². The van der Waals surface area contributed by atoms with Crippen LogP contribution in [0.3, 0.4) is 0 Å². The molecule has 0 saturated carbocycles. The second kappa shape index (κ2) is 3.11. The Balaban J connectivity index is 2.33. The van der Waals surface area contributed by atoms with Crippen molar-refractivity contribution in [3.8, 4) is 0 Å². The summed E-state index contributed by atoms with van der Waals surface area (Å²) in [5.74, 6) is 0. The second-order valence-electron chi connectivity index (χ2n) is 3.16. The highest BCUT2D eigenvalue weighted by atomic mass is 14.9. The third kappa shape index (κ3) is 1.28.